The van der Waals surface area contributed by atoms with Crippen molar-refractivity contribution in [1.82, 2.24) is 4.98 Å². The average Bonchev–Trinajstić information content (AvgIpc) is 2.30. The van der Waals surface area contributed by atoms with Gasteiger partial charge in [-0.3, -0.25) is 0 Å². The Balaban J connectivity index is 2.24. The van der Waals surface area contributed by atoms with Crippen LogP contribution in [-0.4, -0.2) is 36.1 Å². The number of anilines is 1. The standard InChI is InChI=1S/C10H12BrFN2O/c11-6-8-7-15-5-4-14(8)10-9(12)2-1-3-13-10/h1-3,8H,4-7H2. The first kappa shape index (κ1) is 10.8. The highest BCUT2D eigenvalue weighted by atomic mass is 79.9. The van der Waals surface area contributed by atoms with Crippen molar-refractivity contribution in [3.05, 3.63) is 24.1 Å². The van der Waals surface area contributed by atoms with E-state index in [0.29, 0.717) is 25.6 Å². The van der Waals surface area contributed by atoms with E-state index >= 15 is 0 Å². The molecule has 1 unspecified atom stereocenters. The van der Waals surface area contributed by atoms with Crippen molar-refractivity contribution in [2.24, 2.45) is 0 Å². The molecule has 0 aliphatic carbocycles. The molecule has 1 fully saturated rings. The number of pyridine rings is 1. The predicted octanol–water partition coefficient (Wildman–Crippen LogP) is 1.82. The number of hydrogen-bond acceptors (Lipinski definition) is 3. The summed E-state index contributed by atoms with van der Waals surface area (Å²) >= 11 is 3.40. The molecule has 2 rings (SSSR count). The summed E-state index contributed by atoms with van der Waals surface area (Å²) in [6, 6.07) is 3.19. The number of hydrogen-bond donors (Lipinski definition) is 0. The number of rotatable bonds is 2. The van der Waals surface area contributed by atoms with Gasteiger partial charge < -0.3 is 9.64 Å². The van der Waals surface area contributed by atoms with Gasteiger partial charge in [-0.1, -0.05) is 15.9 Å². The number of morpholine rings is 1. The second-order valence-electron chi connectivity index (χ2n) is 3.39. The molecule has 0 aromatic carbocycles. The Hall–Kier alpha value is -0.680. The normalized spacial score (nSPS) is 21.7. The summed E-state index contributed by atoms with van der Waals surface area (Å²) in [6.45, 7) is 1.92. The molecule has 1 atom stereocenters. The molecule has 0 N–H and O–H groups in total. The zero-order chi connectivity index (χ0) is 10.7. The minimum absolute atomic E-state index is 0.156. The van der Waals surface area contributed by atoms with Crippen LogP contribution in [0.3, 0.4) is 0 Å². The molecule has 0 bridgehead atoms. The van der Waals surface area contributed by atoms with Crippen molar-refractivity contribution in [2.45, 2.75) is 6.04 Å². The summed E-state index contributed by atoms with van der Waals surface area (Å²) in [5, 5.41) is 0.753. The summed E-state index contributed by atoms with van der Waals surface area (Å²) in [5.74, 6) is 0.149. The number of ether oxygens (including phenoxy) is 1. The third-order valence-electron chi connectivity index (χ3n) is 2.42. The monoisotopic (exact) mass is 274 g/mol. The number of halogens is 2. The highest BCUT2D eigenvalue weighted by molar-refractivity contribution is 9.09. The topological polar surface area (TPSA) is 25.4 Å². The largest absolute Gasteiger partial charge is 0.377 e. The zero-order valence-electron chi connectivity index (χ0n) is 8.20. The summed E-state index contributed by atoms with van der Waals surface area (Å²) < 4.78 is 18.9. The van der Waals surface area contributed by atoms with Crippen LogP contribution in [0.2, 0.25) is 0 Å². The van der Waals surface area contributed by atoms with E-state index in [9.17, 15) is 4.39 Å². The third kappa shape index (κ3) is 2.29. The van der Waals surface area contributed by atoms with E-state index in [4.69, 9.17) is 4.74 Å². The molecular weight excluding hydrogens is 263 g/mol. The van der Waals surface area contributed by atoms with Crippen LogP contribution in [0.4, 0.5) is 10.2 Å². The van der Waals surface area contributed by atoms with Crippen molar-refractivity contribution in [2.75, 3.05) is 30.0 Å². The van der Waals surface area contributed by atoms with E-state index < -0.39 is 0 Å². The Kier molecular flexibility index (Phi) is 3.53. The number of nitrogens with zero attached hydrogens (tertiary/aromatic N) is 2. The molecule has 5 heteroatoms. The van der Waals surface area contributed by atoms with Gasteiger partial charge in [-0.05, 0) is 12.1 Å². The maximum Gasteiger partial charge on any atom is 0.165 e. The SMILES string of the molecule is Fc1cccnc1N1CCOCC1CBr. The zero-order valence-corrected chi connectivity index (χ0v) is 9.78. The van der Waals surface area contributed by atoms with Crippen LogP contribution in [0.1, 0.15) is 0 Å². The first-order valence-corrected chi connectivity index (χ1v) is 5.96. The van der Waals surface area contributed by atoms with Crippen LogP contribution in [0.15, 0.2) is 18.3 Å². The van der Waals surface area contributed by atoms with Gasteiger partial charge in [0.05, 0.1) is 19.3 Å². The second kappa shape index (κ2) is 4.90. The second-order valence-corrected chi connectivity index (χ2v) is 4.03. The Bertz CT molecular complexity index is 337. The summed E-state index contributed by atoms with van der Waals surface area (Å²) in [6.07, 6.45) is 1.61. The van der Waals surface area contributed by atoms with Crippen molar-refractivity contribution in [3.63, 3.8) is 0 Å². The van der Waals surface area contributed by atoms with Crippen molar-refractivity contribution in [3.8, 4) is 0 Å². The predicted molar refractivity (Wildman–Crippen MR) is 59.9 cm³/mol. The lowest BCUT2D eigenvalue weighted by Crippen LogP contribution is -2.47. The number of aromatic nitrogens is 1. The van der Waals surface area contributed by atoms with Crippen LogP contribution in [0.25, 0.3) is 0 Å². The fraction of sp³-hybridized carbons (Fsp3) is 0.500. The molecule has 0 radical (unpaired) electrons. The van der Waals surface area contributed by atoms with Gasteiger partial charge in [0.1, 0.15) is 0 Å². The summed E-state index contributed by atoms with van der Waals surface area (Å²) in [5.41, 5.74) is 0. The van der Waals surface area contributed by atoms with Gasteiger partial charge in [0, 0.05) is 18.1 Å². The van der Waals surface area contributed by atoms with Gasteiger partial charge in [-0.15, -0.1) is 0 Å². The molecule has 1 aliphatic rings. The van der Waals surface area contributed by atoms with Crippen LogP contribution in [-0.2, 0) is 4.74 Å². The highest BCUT2D eigenvalue weighted by Gasteiger charge is 2.25. The van der Waals surface area contributed by atoms with Crippen LogP contribution in [0.5, 0.6) is 0 Å². The maximum absolute atomic E-state index is 13.5. The van der Waals surface area contributed by atoms with E-state index in [1.165, 1.54) is 6.07 Å². The Labute approximate surface area is 96.4 Å². The lowest BCUT2D eigenvalue weighted by Gasteiger charge is -2.35. The molecule has 1 aromatic heterocycles. The molecular formula is C10H12BrFN2O. The van der Waals surface area contributed by atoms with Crippen LogP contribution < -0.4 is 4.90 Å². The molecule has 0 saturated carbocycles. The van der Waals surface area contributed by atoms with Crippen LogP contribution in [0, 0.1) is 5.82 Å². The fourth-order valence-electron chi connectivity index (χ4n) is 1.65. The van der Waals surface area contributed by atoms with Gasteiger partial charge >= 0.3 is 0 Å². The first-order chi connectivity index (χ1) is 7.33. The molecule has 1 aliphatic heterocycles. The quantitative estimate of drug-likeness (QED) is 0.770. The van der Waals surface area contributed by atoms with Crippen molar-refractivity contribution >= 4 is 21.7 Å². The van der Waals surface area contributed by atoms with Gasteiger partial charge in [-0.25, -0.2) is 9.37 Å². The fourth-order valence-corrected chi connectivity index (χ4v) is 2.19. The van der Waals surface area contributed by atoms with Crippen LogP contribution >= 0.6 is 15.9 Å². The smallest absolute Gasteiger partial charge is 0.165 e. The van der Waals surface area contributed by atoms with Gasteiger partial charge in [0.2, 0.25) is 0 Å². The molecule has 0 spiro atoms. The number of alkyl halides is 1. The van der Waals surface area contributed by atoms with E-state index in [1.807, 2.05) is 4.90 Å². The first-order valence-electron chi connectivity index (χ1n) is 4.84. The Morgan fingerprint density at radius 2 is 2.53 bits per heavy atom. The van der Waals surface area contributed by atoms with Crippen molar-refractivity contribution < 1.29 is 9.13 Å². The van der Waals surface area contributed by atoms with E-state index in [-0.39, 0.29) is 11.9 Å². The molecule has 1 saturated heterocycles. The summed E-state index contributed by atoms with van der Waals surface area (Å²) in [4.78, 5) is 6.03. The average molecular weight is 275 g/mol. The molecule has 15 heavy (non-hydrogen) atoms. The molecule has 0 amide bonds. The lowest BCUT2D eigenvalue weighted by molar-refractivity contribution is 0.0996. The maximum atomic E-state index is 13.5. The molecule has 1 aromatic rings. The third-order valence-corrected chi connectivity index (χ3v) is 3.16. The Morgan fingerprint density at radius 3 is 3.27 bits per heavy atom. The minimum atomic E-state index is -0.273. The molecule has 3 nitrogen and oxygen atoms in total. The molecule has 82 valence electrons. The van der Waals surface area contributed by atoms with E-state index in [0.717, 1.165) is 5.33 Å². The minimum Gasteiger partial charge on any atom is -0.377 e. The molecule has 2 heterocycles. The van der Waals surface area contributed by atoms with E-state index in [2.05, 4.69) is 20.9 Å². The summed E-state index contributed by atoms with van der Waals surface area (Å²) in [7, 11) is 0. The van der Waals surface area contributed by atoms with Gasteiger partial charge in [0.25, 0.3) is 0 Å². The van der Waals surface area contributed by atoms with Gasteiger partial charge in [-0.2, -0.15) is 0 Å². The highest BCUT2D eigenvalue weighted by Crippen LogP contribution is 2.21. The Morgan fingerprint density at radius 1 is 1.67 bits per heavy atom. The lowest BCUT2D eigenvalue weighted by atomic mass is 10.2. The van der Waals surface area contributed by atoms with E-state index in [1.54, 1.807) is 12.3 Å². The van der Waals surface area contributed by atoms with Gasteiger partial charge in [0.15, 0.2) is 11.6 Å². The van der Waals surface area contributed by atoms with Crippen molar-refractivity contribution in [1.29, 1.82) is 0 Å².